The summed E-state index contributed by atoms with van der Waals surface area (Å²) in [5.74, 6) is 0. The highest BCUT2D eigenvalue weighted by Crippen LogP contribution is 2.62. The Morgan fingerprint density at radius 3 is 2.00 bits per heavy atom. The molecular weight excluding hydrogens is 898 g/mol. The first kappa shape index (κ1) is 45.6. The van der Waals surface area contributed by atoms with Gasteiger partial charge in [-0.25, -0.2) is 0 Å². The molecule has 0 radical (unpaired) electrons. The van der Waals surface area contributed by atoms with E-state index in [9.17, 15) is 0 Å². The molecule has 1 fully saturated rings. The maximum absolute atomic E-state index is 6.92. The highest BCUT2D eigenvalue weighted by atomic mass is 16.3. The van der Waals surface area contributed by atoms with Crippen LogP contribution in [0.1, 0.15) is 129 Å². The number of hydrogen-bond donors (Lipinski definition) is 0. The minimum absolute atomic E-state index is 0.00391. The molecule has 2 unspecified atom stereocenters. The van der Waals surface area contributed by atoms with Crippen molar-refractivity contribution in [3.63, 3.8) is 0 Å². The number of benzene rings is 8. The molecule has 2 aliphatic carbocycles. The zero-order valence-corrected chi connectivity index (χ0v) is 45.1. The molecule has 74 heavy (non-hydrogen) atoms. The van der Waals surface area contributed by atoms with Gasteiger partial charge in [-0.15, -0.1) is 0 Å². The van der Waals surface area contributed by atoms with E-state index in [1.165, 1.54) is 109 Å². The van der Waals surface area contributed by atoms with Crippen molar-refractivity contribution in [3.05, 3.63) is 186 Å². The van der Waals surface area contributed by atoms with Crippen LogP contribution in [-0.2, 0) is 21.7 Å². The molecule has 14 rings (SSSR count). The molecule has 3 aliphatic heterocycles. The second kappa shape index (κ2) is 15.5. The van der Waals surface area contributed by atoms with Gasteiger partial charge in [-0.3, -0.25) is 0 Å². The standard InChI is InChI=1S/C69H68BN3O/c1-43-38-59-62-60(39-43)73-63-51(68(9)34-16-17-35-69(68,73)10)24-19-25-55(63)70(62)54-33-32-47(40-58(54)72(59)57-42-53-52(66(5,6)36-37-67(53,7)8)41-50(57)44-20-12-11-13-21-44)71(46-30-28-45(29-31-46)65(2,3)4)56-26-18-23-49-48-22-14-15-27-61(48)74-64(49)56/h11-15,18-33,38-42H,16-17,34-37H2,1-10H3. The minimum atomic E-state index is -0.0531. The van der Waals surface area contributed by atoms with E-state index in [4.69, 9.17) is 4.42 Å². The van der Waals surface area contributed by atoms with Crippen molar-refractivity contribution in [3.8, 4) is 11.1 Å². The molecule has 8 aromatic carbocycles. The monoisotopic (exact) mass is 966 g/mol. The van der Waals surface area contributed by atoms with Crippen LogP contribution in [0.15, 0.2) is 162 Å². The molecule has 4 heterocycles. The van der Waals surface area contributed by atoms with E-state index in [0.29, 0.717) is 0 Å². The van der Waals surface area contributed by atoms with Gasteiger partial charge in [-0.05, 0) is 166 Å². The molecule has 5 aliphatic rings. The lowest BCUT2D eigenvalue weighted by Crippen LogP contribution is -2.64. The van der Waals surface area contributed by atoms with Crippen LogP contribution in [-0.4, -0.2) is 12.3 Å². The van der Waals surface area contributed by atoms with Gasteiger partial charge in [0.25, 0.3) is 6.71 Å². The van der Waals surface area contributed by atoms with E-state index < -0.39 is 0 Å². The fraction of sp³-hybridized carbons (Fsp3) is 0.304. The third-order valence-electron chi connectivity index (χ3n) is 19.3. The molecule has 0 spiro atoms. The average Bonchev–Trinajstić information content (AvgIpc) is 3.91. The van der Waals surface area contributed by atoms with Crippen molar-refractivity contribution in [2.75, 3.05) is 14.7 Å². The lowest BCUT2D eigenvalue weighted by atomic mass is 9.33. The van der Waals surface area contributed by atoms with Gasteiger partial charge in [0.1, 0.15) is 5.58 Å². The minimum Gasteiger partial charge on any atom is -0.454 e. The van der Waals surface area contributed by atoms with Crippen LogP contribution in [0.2, 0.25) is 0 Å². The number of hydrogen-bond acceptors (Lipinski definition) is 4. The second-order valence-corrected chi connectivity index (χ2v) is 25.6. The van der Waals surface area contributed by atoms with Gasteiger partial charge < -0.3 is 19.1 Å². The van der Waals surface area contributed by atoms with E-state index >= 15 is 0 Å². The van der Waals surface area contributed by atoms with Crippen molar-refractivity contribution in [1.29, 1.82) is 0 Å². The molecule has 1 saturated carbocycles. The van der Waals surface area contributed by atoms with Crippen molar-refractivity contribution in [2.45, 2.75) is 135 Å². The number of fused-ring (bicyclic) bond motifs is 11. The van der Waals surface area contributed by atoms with E-state index in [1.54, 1.807) is 0 Å². The molecule has 0 amide bonds. The zero-order valence-electron chi connectivity index (χ0n) is 45.1. The van der Waals surface area contributed by atoms with E-state index in [-0.39, 0.29) is 33.9 Å². The molecule has 0 bridgehead atoms. The average molecular weight is 966 g/mol. The smallest absolute Gasteiger partial charge is 0.252 e. The van der Waals surface area contributed by atoms with Gasteiger partial charge in [-0.2, -0.15) is 0 Å². The number of nitrogens with zero attached hydrogens (tertiary/aromatic N) is 3. The SMILES string of the molecule is Cc1cc2c3c(c1)N1c4c(cccc4C4(C)CCCCC14C)B3c1ccc(N(c3ccc(C(C)(C)C)cc3)c3cccc4c3oc3ccccc34)cc1N2c1cc2c(cc1-c1ccccc1)C(C)(C)CCC2(C)C. The summed E-state index contributed by atoms with van der Waals surface area (Å²) in [6.07, 6.45) is 7.19. The topological polar surface area (TPSA) is 22.9 Å². The Morgan fingerprint density at radius 2 is 1.23 bits per heavy atom. The Balaban J connectivity index is 1.10. The summed E-state index contributed by atoms with van der Waals surface area (Å²) < 4.78 is 6.92. The zero-order chi connectivity index (χ0) is 50.8. The van der Waals surface area contributed by atoms with Crippen LogP contribution in [0.25, 0.3) is 33.1 Å². The number of rotatable bonds is 5. The summed E-state index contributed by atoms with van der Waals surface area (Å²) in [5, 5.41) is 2.24. The van der Waals surface area contributed by atoms with Gasteiger partial charge >= 0.3 is 0 Å². The largest absolute Gasteiger partial charge is 0.454 e. The highest BCUT2D eigenvalue weighted by molar-refractivity contribution is 7.00. The maximum atomic E-state index is 6.92. The first-order valence-corrected chi connectivity index (χ1v) is 27.5. The molecule has 5 heteroatoms. The molecule has 368 valence electrons. The molecular formula is C69H68BN3O. The quantitative estimate of drug-likeness (QED) is 0.160. The van der Waals surface area contributed by atoms with Gasteiger partial charge in [0, 0.05) is 55.9 Å². The van der Waals surface area contributed by atoms with Crippen LogP contribution >= 0.6 is 0 Å². The van der Waals surface area contributed by atoms with Crippen LogP contribution in [0.4, 0.5) is 45.5 Å². The Morgan fingerprint density at radius 1 is 0.554 bits per heavy atom. The second-order valence-electron chi connectivity index (χ2n) is 25.6. The van der Waals surface area contributed by atoms with Crippen molar-refractivity contribution < 1.29 is 4.42 Å². The third-order valence-corrected chi connectivity index (χ3v) is 19.3. The molecule has 2 atom stereocenters. The van der Waals surface area contributed by atoms with E-state index in [1.807, 2.05) is 0 Å². The third kappa shape index (κ3) is 6.28. The summed E-state index contributed by atoms with van der Waals surface area (Å²) in [6, 6.07) is 60.7. The van der Waals surface area contributed by atoms with Crippen molar-refractivity contribution in [1.82, 2.24) is 0 Å². The normalized spacial score (nSPS) is 20.8. The van der Waals surface area contributed by atoms with Gasteiger partial charge in [0.15, 0.2) is 5.58 Å². The number of anilines is 8. The van der Waals surface area contributed by atoms with Crippen LogP contribution in [0, 0.1) is 6.92 Å². The Kier molecular flexibility index (Phi) is 9.58. The lowest BCUT2D eigenvalue weighted by molar-refractivity contribution is 0.195. The summed E-state index contributed by atoms with van der Waals surface area (Å²) in [5.41, 5.74) is 25.3. The number of aryl methyl sites for hydroxylation is 1. The summed E-state index contributed by atoms with van der Waals surface area (Å²) in [4.78, 5) is 8.04. The lowest BCUT2D eigenvalue weighted by Gasteiger charge is -2.53. The van der Waals surface area contributed by atoms with Crippen molar-refractivity contribution in [2.24, 2.45) is 0 Å². The van der Waals surface area contributed by atoms with Gasteiger partial charge in [0.2, 0.25) is 0 Å². The number of furan rings is 1. The summed E-state index contributed by atoms with van der Waals surface area (Å²) >= 11 is 0. The fourth-order valence-electron chi connectivity index (χ4n) is 14.9. The molecule has 9 aromatic rings. The Labute approximate surface area is 439 Å². The summed E-state index contributed by atoms with van der Waals surface area (Å²) in [6.45, 7) is 24.3. The van der Waals surface area contributed by atoms with Crippen molar-refractivity contribution >= 4 is 90.5 Å². The predicted molar refractivity (Wildman–Crippen MR) is 315 cm³/mol. The molecule has 4 nitrogen and oxygen atoms in total. The number of para-hydroxylation sites is 3. The van der Waals surface area contributed by atoms with Crippen LogP contribution in [0.5, 0.6) is 0 Å². The predicted octanol–water partition coefficient (Wildman–Crippen LogP) is 17.0. The first-order chi connectivity index (χ1) is 35.5. The van der Waals surface area contributed by atoms with E-state index in [2.05, 4.69) is 242 Å². The molecule has 1 aromatic heterocycles. The Bertz CT molecular complexity index is 3800. The van der Waals surface area contributed by atoms with Gasteiger partial charge in [-0.1, -0.05) is 165 Å². The van der Waals surface area contributed by atoms with Crippen LogP contribution < -0.4 is 31.1 Å². The molecule has 0 N–H and O–H groups in total. The van der Waals surface area contributed by atoms with Gasteiger partial charge in [0.05, 0.1) is 16.9 Å². The fourth-order valence-corrected chi connectivity index (χ4v) is 14.9. The Hall–Kier alpha value is -6.98. The summed E-state index contributed by atoms with van der Waals surface area (Å²) in [7, 11) is 0. The highest BCUT2D eigenvalue weighted by Gasteiger charge is 2.61. The molecule has 0 saturated heterocycles. The maximum Gasteiger partial charge on any atom is 0.252 e. The first-order valence-electron chi connectivity index (χ1n) is 27.5. The van der Waals surface area contributed by atoms with E-state index in [0.717, 1.165) is 51.8 Å². The van der Waals surface area contributed by atoms with Crippen LogP contribution in [0.3, 0.4) is 0 Å².